The minimum atomic E-state index is 0.228. The predicted octanol–water partition coefficient (Wildman–Crippen LogP) is 4.66. The predicted molar refractivity (Wildman–Crippen MR) is 96.0 cm³/mol. The van der Waals surface area contributed by atoms with Crippen molar-refractivity contribution in [2.24, 2.45) is 0 Å². The molecule has 1 aliphatic heterocycles. The Kier molecular flexibility index (Phi) is 6.13. The summed E-state index contributed by atoms with van der Waals surface area (Å²) in [4.78, 5) is 14.7. The van der Waals surface area contributed by atoms with Crippen molar-refractivity contribution in [2.75, 3.05) is 5.75 Å². The van der Waals surface area contributed by atoms with Crippen LogP contribution < -0.4 is 0 Å². The number of hydrogen-bond acceptors (Lipinski definition) is 2. The minimum absolute atomic E-state index is 0.228. The van der Waals surface area contributed by atoms with Crippen LogP contribution in [0.1, 0.15) is 46.1 Å². The number of carbonyl (C=O) groups excluding carboxylic acids is 1. The van der Waals surface area contributed by atoms with Crippen molar-refractivity contribution in [1.29, 1.82) is 0 Å². The van der Waals surface area contributed by atoms with Crippen LogP contribution in [0.3, 0.4) is 0 Å². The van der Waals surface area contributed by atoms with E-state index in [9.17, 15) is 4.79 Å². The van der Waals surface area contributed by atoms with Gasteiger partial charge in [0.15, 0.2) is 0 Å². The molecular weight excluding hydrogens is 290 g/mol. The first-order chi connectivity index (χ1) is 10.6. The van der Waals surface area contributed by atoms with Gasteiger partial charge in [-0.05, 0) is 56.9 Å². The quantitative estimate of drug-likeness (QED) is 0.729. The summed E-state index contributed by atoms with van der Waals surface area (Å²) in [6.07, 6.45) is 3.18. The molecule has 0 bridgehead atoms. The molecule has 22 heavy (non-hydrogen) atoms. The van der Waals surface area contributed by atoms with E-state index >= 15 is 0 Å². The molecule has 0 N–H and O–H groups in total. The molecule has 0 saturated heterocycles. The number of carbonyl (C=O) groups is 1. The van der Waals surface area contributed by atoms with Crippen LogP contribution in [-0.4, -0.2) is 28.0 Å². The van der Waals surface area contributed by atoms with Gasteiger partial charge < -0.3 is 4.90 Å². The molecule has 2 unspecified atom stereocenters. The third kappa shape index (κ3) is 3.75. The highest BCUT2D eigenvalue weighted by Crippen LogP contribution is 2.35. The Morgan fingerprint density at radius 1 is 1.23 bits per heavy atom. The summed E-state index contributed by atoms with van der Waals surface area (Å²) < 4.78 is 0. The minimum Gasteiger partial charge on any atom is -0.320 e. The van der Waals surface area contributed by atoms with Gasteiger partial charge in [-0.1, -0.05) is 37.3 Å². The lowest BCUT2D eigenvalue weighted by Crippen LogP contribution is -2.41. The largest absolute Gasteiger partial charge is 0.320 e. The topological polar surface area (TPSA) is 20.3 Å². The molecule has 2 rings (SSSR count). The maximum absolute atomic E-state index is 12.6. The fourth-order valence-electron chi connectivity index (χ4n) is 2.89. The summed E-state index contributed by atoms with van der Waals surface area (Å²) in [5.74, 6) is 1.33. The maximum Gasteiger partial charge on any atom is 0.250 e. The maximum atomic E-state index is 12.6. The summed E-state index contributed by atoms with van der Waals surface area (Å²) in [5.41, 5.74) is 3.54. The van der Waals surface area contributed by atoms with Gasteiger partial charge in [0, 0.05) is 11.6 Å². The Hall–Kier alpha value is -1.22. The number of thioether (sulfide) groups is 1. The number of rotatable bonds is 7. The molecule has 2 nitrogen and oxygen atoms in total. The van der Waals surface area contributed by atoms with Crippen molar-refractivity contribution in [3.8, 4) is 0 Å². The average Bonchev–Trinajstić information content (AvgIpc) is 2.75. The molecule has 1 amide bonds. The molecule has 1 aliphatic rings. The first-order valence-corrected chi connectivity index (χ1v) is 9.26. The molecule has 0 aromatic heterocycles. The van der Waals surface area contributed by atoms with Gasteiger partial charge in [-0.2, -0.15) is 0 Å². The summed E-state index contributed by atoms with van der Waals surface area (Å²) in [6.45, 7) is 8.47. The summed E-state index contributed by atoms with van der Waals surface area (Å²) in [5, 5.41) is 0.234. The van der Waals surface area contributed by atoms with E-state index in [1.165, 1.54) is 11.1 Å². The smallest absolute Gasteiger partial charge is 0.250 e. The van der Waals surface area contributed by atoms with Gasteiger partial charge >= 0.3 is 0 Å². The second kappa shape index (κ2) is 7.87. The average molecular weight is 317 g/mol. The first kappa shape index (κ1) is 17.1. The third-order valence-corrected chi connectivity index (χ3v) is 5.96. The number of amides is 1. The lowest BCUT2D eigenvalue weighted by Gasteiger charge is -2.32. The van der Waals surface area contributed by atoms with Gasteiger partial charge in [0.05, 0.1) is 0 Å². The molecule has 1 heterocycles. The molecule has 0 radical (unpaired) electrons. The molecule has 120 valence electrons. The Labute approximate surface area is 139 Å². The Morgan fingerprint density at radius 2 is 1.91 bits per heavy atom. The molecule has 0 spiro atoms. The molecule has 3 heteroatoms. The lowest BCUT2D eigenvalue weighted by molar-refractivity contribution is -0.127. The highest BCUT2D eigenvalue weighted by atomic mass is 32.2. The summed E-state index contributed by atoms with van der Waals surface area (Å²) >= 11 is 1.90. The molecule has 1 aromatic carbocycles. The van der Waals surface area contributed by atoms with Gasteiger partial charge in [-0.25, -0.2) is 0 Å². The van der Waals surface area contributed by atoms with Crippen LogP contribution in [0.25, 0.3) is 0 Å². The van der Waals surface area contributed by atoms with Gasteiger partial charge in [0.25, 0.3) is 5.91 Å². The van der Waals surface area contributed by atoms with Crippen LogP contribution >= 0.6 is 11.8 Å². The Bertz CT molecular complexity index is 538. The lowest BCUT2D eigenvalue weighted by atomic mass is 10.1. The van der Waals surface area contributed by atoms with Gasteiger partial charge in [-0.3, -0.25) is 4.79 Å². The van der Waals surface area contributed by atoms with E-state index < -0.39 is 0 Å². The van der Waals surface area contributed by atoms with Crippen molar-refractivity contribution >= 4 is 17.7 Å². The Morgan fingerprint density at radius 3 is 2.55 bits per heavy atom. The van der Waals surface area contributed by atoms with E-state index in [1.807, 2.05) is 24.8 Å². The highest BCUT2D eigenvalue weighted by Gasteiger charge is 2.37. The zero-order valence-electron chi connectivity index (χ0n) is 14.1. The zero-order chi connectivity index (χ0) is 16.1. The standard InChI is InChI=1S/C19H27NOS/c1-5-13-22-19-16(4)15(3)18(21)20(19)14(2)11-12-17-9-7-6-8-10-17/h6-10,14,19H,5,11-13H2,1-4H3. The summed E-state index contributed by atoms with van der Waals surface area (Å²) in [6, 6.07) is 10.8. The second-order valence-electron chi connectivity index (χ2n) is 6.12. The molecular formula is C19H27NOS. The van der Waals surface area contributed by atoms with Gasteiger partial charge in [0.2, 0.25) is 0 Å². The second-order valence-corrected chi connectivity index (χ2v) is 7.30. The fraction of sp³-hybridized carbons (Fsp3) is 0.526. The van der Waals surface area contributed by atoms with E-state index in [0.29, 0.717) is 0 Å². The molecule has 1 aromatic rings. The number of benzene rings is 1. The van der Waals surface area contributed by atoms with Crippen LogP contribution in [-0.2, 0) is 11.2 Å². The van der Waals surface area contributed by atoms with E-state index in [1.54, 1.807) is 0 Å². The van der Waals surface area contributed by atoms with Gasteiger partial charge in [-0.15, -0.1) is 11.8 Å². The van der Waals surface area contributed by atoms with Crippen LogP contribution in [0.5, 0.6) is 0 Å². The zero-order valence-corrected chi connectivity index (χ0v) is 15.0. The van der Waals surface area contributed by atoms with Crippen LogP contribution in [0.2, 0.25) is 0 Å². The number of hydrogen-bond donors (Lipinski definition) is 0. The Balaban J connectivity index is 2.03. The number of nitrogens with zero attached hydrogens (tertiary/aromatic N) is 1. The third-order valence-electron chi connectivity index (χ3n) is 4.42. The first-order valence-electron chi connectivity index (χ1n) is 8.21. The van der Waals surface area contributed by atoms with Crippen molar-refractivity contribution < 1.29 is 4.79 Å². The summed E-state index contributed by atoms with van der Waals surface area (Å²) in [7, 11) is 0. The fourth-order valence-corrected chi connectivity index (χ4v) is 4.24. The van der Waals surface area contributed by atoms with Gasteiger partial charge in [0.1, 0.15) is 5.37 Å². The van der Waals surface area contributed by atoms with E-state index in [0.717, 1.165) is 30.6 Å². The molecule has 2 atom stereocenters. The monoisotopic (exact) mass is 317 g/mol. The van der Waals surface area contributed by atoms with Crippen LogP contribution in [0.4, 0.5) is 0 Å². The van der Waals surface area contributed by atoms with E-state index in [2.05, 4.69) is 49.9 Å². The number of aryl methyl sites for hydroxylation is 1. The molecule has 0 aliphatic carbocycles. The normalized spacial score (nSPS) is 19.9. The van der Waals surface area contributed by atoms with Crippen molar-refractivity contribution in [1.82, 2.24) is 4.90 Å². The molecule has 0 saturated carbocycles. The van der Waals surface area contributed by atoms with Crippen molar-refractivity contribution in [2.45, 2.75) is 58.4 Å². The van der Waals surface area contributed by atoms with Crippen molar-refractivity contribution in [3.63, 3.8) is 0 Å². The van der Waals surface area contributed by atoms with Crippen molar-refractivity contribution in [3.05, 3.63) is 47.0 Å². The van der Waals surface area contributed by atoms with E-state index in [4.69, 9.17) is 0 Å². The van der Waals surface area contributed by atoms with Crippen LogP contribution in [0.15, 0.2) is 41.5 Å². The molecule has 0 fully saturated rings. The SMILES string of the molecule is CCCSC1C(C)=C(C)C(=O)N1C(C)CCc1ccccc1. The van der Waals surface area contributed by atoms with E-state index in [-0.39, 0.29) is 17.3 Å². The van der Waals surface area contributed by atoms with Crippen LogP contribution in [0, 0.1) is 0 Å². The highest BCUT2D eigenvalue weighted by molar-refractivity contribution is 8.00.